The minimum absolute atomic E-state index is 0.388. The second-order valence-corrected chi connectivity index (χ2v) is 5.47. The number of hydrogen-bond acceptors (Lipinski definition) is 2. The first-order valence-corrected chi connectivity index (χ1v) is 6.81. The van der Waals surface area contributed by atoms with Crippen LogP contribution in [0.25, 0.3) is 0 Å². The van der Waals surface area contributed by atoms with Crippen LogP contribution in [0.3, 0.4) is 0 Å². The lowest BCUT2D eigenvalue weighted by molar-refractivity contribution is -0.122. The summed E-state index contributed by atoms with van der Waals surface area (Å²) < 4.78 is 13.8. The molecule has 2 rings (SSSR count). The number of carbonyl (C=O) groups is 1. The molecule has 2 aromatic rings. The van der Waals surface area contributed by atoms with Crippen LogP contribution in [0.15, 0.2) is 42.5 Å². The fraction of sp³-hybridized carbons (Fsp3) is 0.188. The molecular formula is C16H16ClFN2O. The quantitative estimate of drug-likeness (QED) is 0.907. The van der Waals surface area contributed by atoms with Gasteiger partial charge in [0.2, 0.25) is 5.91 Å². The van der Waals surface area contributed by atoms with Gasteiger partial charge in [-0.2, -0.15) is 0 Å². The van der Waals surface area contributed by atoms with Crippen molar-refractivity contribution in [3.63, 3.8) is 0 Å². The first-order chi connectivity index (χ1) is 9.84. The molecule has 21 heavy (non-hydrogen) atoms. The molecule has 110 valence electrons. The van der Waals surface area contributed by atoms with Crippen LogP contribution < -0.4 is 11.1 Å². The summed E-state index contributed by atoms with van der Waals surface area (Å²) in [6, 6.07) is 11.6. The number of rotatable bonds is 4. The van der Waals surface area contributed by atoms with E-state index in [9.17, 15) is 9.18 Å². The van der Waals surface area contributed by atoms with Crippen LogP contribution in [-0.2, 0) is 10.3 Å². The van der Waals surface area contributed by atoms with Crippen LogP contribution in [0.4, 0.5) is 10.1 Å². The Bertz CT molecular complexity index is 690. The summed E-state index contributed by atoms with van der Waals surface area (Å²) in [7, 11) is 0. The predicted molar refractivity (Wildman–Crippen MR) is 82.8 cm³/mol. The highest BCUT2D eigenvalue weighted by Gasteiger charge is 2.34. The Morgan fingerprint density at radius 3 is 2.52 bits per heavy atom. The van der Waals surface area contributed by atoms with Crippen LogP contribution in [0.5, 0.6) is 0 Å². The molecule has 0 spiro atoms. The van der Waals surface area contributed by atoms with Crippen molar-refractivity contribution in [1.82, 2.24) is 0 Å². The van der Waals surface area contributed by atoms with E-state index < -0.39 is 11.4 Å². The summed E-state index contributed by atoms with van der Waals surface area (Å²) in [5.74, 6) is -1.01. The SMILES string of the molecule is Cc1ccc(C(C)(Nc2ccccc2Cl)C(N)=O)cc1F. The number of amides is 1. The lowest BCUT2D eigenvalue weighted by Gasteiger charge is -2.29. The average Bonchev–Trinajstić information content (AvgIpc) is 2.44. The van der Waals surface area contributed by atoms with Crippen LogP contribution >= 0.6 is 11.6 Å². The van der Waals surface area contributed by atoms with E-state index in [-0.39, 0.29) is 5.82 Å². The number of primary amides is 1. The molecule has 0 saturated carbocycles. The molecule has 3 nitrogen and oxygen atoms in total. The summed E-state index contributed by atoms with van der Waals surface area (Å²) in [5.41, 5.74) is 5.76. The van der Waals surface area contributed by atoms with E-state index in [0.717, 1.165) is 0 Å². The van der Waals surface area contributed by atoms with Gasteiger partial charge in [-0.1, -0.05) is 35.9 Å². The number of nitrogens with two attached hydrogens (primary N) is 1. The van der Waals surface area contributed by atoms with Crippen molar-refractivity contribution in [2.45, 2.75) is 19.4 Å². The monoisotopic (exact) mass is 306 g/mol. The smallest absolute Gasteiger partial charge is 0.247 e. The van der Waals surface area contributed by atoms with Crippen molar-refractivity contribution in [3.05, 3.63) is 64.4 Å². The van der Waals surface area contributed by atoms with E-state index in [1.165, 1.54) is 6.07 Å². The fourth-order valence-electron chi connectivity index (χ4n) is 2.01. The molecule has 3 N–H and O–H groups in total. The second kappa shape index (κ2) is 5.74. The molecule has 0 heterocycles. The fourth-order valence-corrected chi connectivity index (χ4v) is 2.19. The van der Waals surface area contributed by atoms with Gasteiger partial charge in [0, 0.05) is 0 Å². The molecule has 0 aromatic heterocycles. The van der Waals surface area contributed by atoms with E-state index in [1.54, 1.807) is 50.2 Å². The Morgan fingerprint density at radius 2 is 1.95 bits per heavy atom. The molecule has 5 heteroatoms. The zero-order valence-electron chi connectivity index (χ0n) is 11.8. The Kier molecular flexibility index (Phi) is 4.19. The highest BCUT2D eigenvalue weighted by molar-refractivity contribution is 6.33. The van der Waals surface area contributed by atoms with Gasteiger partial charge in [0.05, 0.1) is 10.7 Å². The molecule has 1 unspecified atom stereocenters. The molecule has 0 saturated heterocycles. The van der Waals surface area contributed by atoms with Crippen molar-refractivity contribution in [2.75, 3.05) is 5.32 Å². The lowest BCUT2D eigenvalue weighted by atomic mass is 9.90. The Morgan fingerprint density at radius 1 is 1.29 bits per heavy atom. The standard InChI is InChI=1S/C16H16ClFN2O/c1-10-7-8-11(9-13(10)18)16(2,15(19)21)20-14-6-4-3-5-12(14)17/h3-9,20H,1-2H3,(H2,19,21). The number of nitrogens with one attached hydrogen (secondary N) is 1. The molecule has 0 radical (unpaired) electrons. The van der Waals surface area contributed by atoms with Gasteiger partial charge < -0.3 is 11.1 Å². The topological polar surface area (TPSA) is 55.1 Å². The lowest BCUT2D eigenvalue weighted by Crippen LogP contribution is -2.45. The molecule has 0 aliphatic rings. The van der Waals surface area contributed by atoms with E-state index in [0.29, 0.717) is 21.8 Å². The second-order valence-electron chi connectivity index (χ2n) is 5.06. The third-order valence-corrected chi connectivity index (χ3v) is 3.83. The van der Waals surface area contributed by atoms with E-state index >= 15 is 0 Å². The maximum Gasteiger partial charge on any atom is 0.247 e. The molecular weight excluding hydrogens is 291 g/mol. The third kappa shape index (κ3) is 3.00. The van der Waals surface area contributed by atoms with Crippen molar-refractivity contribution in [2.24, 2.45) is 5.73 Å². The zero-order valence-corrected chi connectivity index (χ0v) is 12.5. The summed E-state index contributed by atoms with van der Waals surface area (Å²) >= 11 is 6.09. The number of aryl methyl sites for hydroxylation is 1. The largest absolute Gasteiger partial charge is 0.367 e. The number of para-hydroxylation sites is 1. The molecule has 2 aromatic carbocycles. The van der Waals surface area contributed by atoms with Gasteiger partial charge >= 0.3 is 0 Å². The van der Waals surface area contributed by atoms with Gasteiger partial charge in [-0.15, -0.1) is 0 Å². The third-order valence-electron chi connectivity index (χ3n) is 3.50. The minimum atomic E-state index is -1.26. The normalized spacial score (nSPS) is 13.5. The molecule has 1 amide bonds. The van der Waals surface area contributed by atoms with Gasteiger partial charge in [0.15, 0.2) is 0 Å². The summed E-state index contributed by atoms with van der Waals surface area (Å²) in [5, 5.41) is 3.47. The predicted octanol–water partition coefficient (Wildman–Crippen LogP) is 3.60. The Balaban J connectivity index is 2.48. The molecule has 0 fully saturated rings. The van der Waals surface area contributed by atoms with Gasteiger partial charge in [0.25, 0.3) is 0 Å². The highest BCUT2D eigenvalue weighted by atomic mass is 35.5. The highest BCUT2D eigenvalue weighted by Crippen LogP contribution is 2.30. The van der Waals surface area contributed by atoms with Crippen LogP contribution in [-0.4, -0.2) is 5.91 Å². The van der Waals surface area contributed by atoms with E-state index in [1.807, 2.05) is 0 Å². The summed E-state index contributed by atoms with van der Waals surface area (Å²) in [6.07, 6.45) is 0. The van der Waals surface area contributed by atoms with Crippen LogP contribution in [0.1, 0.15) is 18.1 Å². The number of hydrogen-bond donors (Lipinski definition) is 2. The van der Waals surface area contributed by atoms with Gasteiger partial charge in [-0.05, 0) is 43.2 Å². The molecule has 1 atom stereocenters. The van der Waals surface area contributed by atoms with E-state index in [4.69, 9.17) is 17.3 Å². The van der Waals surface area contributed by atoms with E-state index in [2.05, 4.69) is 5.32 Å². The summed E-state index contributed by atoms with van der Waals surface area (Å²) in [6.45, 7) is 3.25. The minimum Gasteiger partial charge on any atom is -0.367 e. The maximum absolute atomic E-state index is 13.8. The zero-order chi connectivity index (χ0) is 15.6. The van der Waals surface area contributed by atoms with Gasteiger partial charge in [0.1, 0.15) is 11.4 Å². The number of anilines is 1. The average molecular weight is 307 g/mol. The molecule has 0 aliphatic heterocycles. The Labute approximate surface area is 127 Å². The maximum atomic E-state index is 13.8. The number of carbonyl (C=O) groups excluding carboxylic acids is 1. The van der Waals surface area contributed by atoms with Crippen LogP contribution in [0.2, 0.25) is 5.02 Å². The van der Waals surface area contributed by atoms with Crippen molar-refractivity contribution >= 4 is 23.2 Å². The molecule has 0 bridgehead atoms. The first kappa shape index (κ1) is 15.3. The van der Waals surface area contributed by atoms with Gasteiger partial charge in [-0.25, -0.2) is 4.39 Å². The van der Waals surface area contributed by atoms with Crippen molar-refractivity contribution < 1.29 is 9.18 Å². The molecule has 0 aliphatic carbocycles. The van der Waals surface area contributed by atoms with Gasteiger partial charge in [-0.3, -0.25) is 4.79 Å². The van der Waals surface area contributed by atoms with Crippen molar-refractivity contribution in [1.29, 1.82) is 0 Å². The van der Waals surface area contributed by atoms with Crippen LogP contribution in [0, 0.1) is 12.7 Å². The Hall–Kier alpha value is -2.07. The first-order valence-electron chi connectivity index (χ1n) is 6.44. The number of benzene rings is 2. The number of halogens is 2. The summed E-state index contributed by atoms with van der Waals surface area (Å²) in [4.78, 5) is 11.9. The van der Waals surface area contributed by atoms with Crippen molar-refractivity contribution in [3.8, 4) is 0 Å².